The highest BCUT2D eigenvalue weighted by Crippen LogP contribution is 2.19. The van der Waals surface area contributed by atoms with Crippen LogP contribution in [0.4, 0.5) is 23.7 Å². The summed E-state index contributed by atoms with van der Waals surface area (Å²) < 4.78 is 41.2. The van der Waals surface area contributed by atoms with Gasteiger partial charge in [0.05, 0.1) is 5.69 Å². The summed E-state index contributed by atoms with van der Waals surface area (Å²) in [6.07, 6.45) is -4.34. The number of benzene rings is 1. The van der Waals surface area contributed by atoms with Crippen molar-refractivity contribution in [3.8, 4) is 5.69 Å². The molecule has 0 radical (unpaired) electrons. The maximum Gasteiger partial charge on any atom is 0.422 e. The van der Waals surface area contributed by atoms with Crippen LogP contribution >= 0.6 is 0 Å². The molecule has 1 N–H and O–H groups in total. The number of rotatable bonds is 3. The summed E-state index contributed by atoms with van der Waals surface area (Å²) in [6, 6.07) is 4.68. The van der Waals surface area contributed by atoms with E-state index in [2.05, 4.69) is 25.6 Å². The van der Waals surface area contributed by atoms with Crippen LogP contribution in [0.5, 0.6) is 0 Å². The van der Waals surface area contributed by atoms with Crippen molar-refractivity contribution in [3.63, 3.8) is 0 Å². The number of nitrogens with zero attached hydrogens (tertiary/aromatic N) is 4. The first-order valence-electron chi connectivity index (χ1n) is 5.70. The Kier molecular flexibility index (Phi) is 4.05. The van der Waals surface area contributed by atoms with Gasteiger partial charge in [-0.25, -0.2) is 9.48 Å². The Labute approximate surface area is 116 Å². The van der Waals surface area contributed by atoms with Crippen molar-refractivity contribution in [1.82, 2.24) is 20.2 Å². The molecular weight excluding hydrogens is 291 g/mol. The molecule has 2 rings (SSSR count). The normalized spacial score (nSPS) is 11.2. The summed E-state index contributed by atoms with van der Waals surface area (Å²) >= 11 is 0. The minimum Gasteiger partial charge on any atom is -0.440 e. The third-order valence-corrected chi connectivity index (χ3v) is 2.41. The van der Waals surface area contributed by atoms with E-state index in [0.717, 1.165) is 5.56 Å². The highest BCUT2D eigenvalue weighted by molar-refractivity contribution is 5.85. The molecule has 21 heavy (non-hydrogen) atoms. The van der Waals surface area contributed by atoms with Gasteiger partial charge in [0.1, 0.15) is 6.33 Å². The fraction of sp³-hybridized carbons (Fsp3) is 0.273. The Morgan fingerprint density at radius 3 is 2.76 bits per heavy atom. The van der Waals surface area contributed by atoms with Crippen molar-refractivity contribution in [1.29, 1.82) is 0 Å². The molecule has 0 fully saturated rings. The quantitative estimate of drug-likeness (QED) is 0.938. The summed E-state index contributed by atoms with van der Waals surface area (Å²) in [6.45, 7) is 0.101. The van der Waals surface area contributed by atoms with Gasteiger partial charge in [0.15, 0.2) is 6.61 Å². The van der Waals surface area contributed by atoms with Crippen LogP contribution in [0.25, 0.3) is 5.69 Å². The van der Waals surface area contributed by atoms with Crippen molar-refractivity contribution in [2.75, 3.05) is 11.9 Å². The fourth-order valence-electron chi connectivity index (χ4n) is 1.56. The lowest BCUT2D eigenvalue weighted by atomic mass is 10.2. The highest BCUT2D eigenvalue weighted by atomic mass is 19.4. The van der Waals surface area contributed by atoms with Gasteiger partial charge in [0.25, 0.3) is 0 Å². The van der Waals surface area contributed by atoms with Gasteiger partial charge in [-0.3, -0.25) is 5.32 Å². The van der Waals surface area contributed by atoms with Gasteiger partial charge in [0, 0.05) is 5.69 Å². The van der Waals surface area contributed by atoms with Gasteiger partial charge in [0.2, 0.25) is 0 Å². The van der Waals surface area contributed by atoms with E-state index in [9.17, 15) is 18.0 Å². The number of hydrogen-bond donors (Lipinski definition) is 1. The smallest absolute Gasteiger partial charge is 0.422 e. The Morgan fingerprint density at radius 1 is 1.43 bits per heavy atom. The number of hydrogen-bond acceptors (Lipinski definition) is 5. The number of halogens is 3. The molecule has 1 aromatic heterocycles. The Hall–Kier alpha value is -2.65. The van der Waals surface area contributed by atoms with Crippen molar-refractivity contribution in [2.45, 2.75) is 13.1 Å². The van der Waals surface area contributed by atoms with Crippen LogP contribution in [0.3, 0.4) is 0 Å². The maximum absolute atomic E-state index is 11.9. The van der Waals surface area contributed by atoms with E-state index in [1.807, 2.05) is 0 Å². The van der Waals surface area contributed by atoms with E-state index in [4.69, 9.17) is 0 Å². The van der Waals surface area contributed by atoms with Crippen LogP contribution in [-0.4, -0.2) is 39.1 Å². The number of amides is 1. The number of aromatic nitrogens is 4. The van der Waals surface area contributed by atoms with Crippen molar-refractivity contribution in [2.24, 2.45) is 0 Å². The number of nitrogens with one attached hydrogen (secondary N) is 1. The second-order valence-corrected chi connectivity index (χ2v) is 4.07. The van der Waals surface area contributed by atoms with E-state index in [0.29, 0.717) is 11.4 Å². The SMILES string of the molecule is Cc1cc(NC(=O)OCC(F)(F)F)ccc1-n1cnnn1. The zero-order chi connectivity index (χ0) is 15.5. The lowest BCUT2D eigenvalue weighted by molar-refractivity contribution is -0.159. The number of tetrazole rings is 1. The Bertz CT molecular complexity index is 627. The van der Waals surface area contributed by atoms with E-state index in [1.54, 1.807) is 19.1 Å². The molecule has 10 heteroatoms. The van der Waals surface area contributed by atoms with Crippen LogP contribution in [-0.2, 0) is 4.74 Å². The molecule has 0 aliphatic heterocycles. The maximum atomic E-state index is 11.9. The molecule has 0 aliphatic carbocycles. The molecular formula is C11H10F3N5O2. The molecule has 7 nitrogen and oxygen atoms in total. The van der Waals surface area contributed by atoms with E-state index < -0.39 is 18.9 Å². The second kappa shape index (κ2) is 5.77. The summed E-state index contributed by atoms with van der Waals surface area (Å²) in [5.74, 6) is 0. The highest BCUT2D eigenvalue weighted by Gasteiger charge is 2.29. The molecule has 1 heterocycles. The van der Waals surface area contributed by atoms with Gasteiger partial charge in [-0.05, 0) is 41.1 Å². The summed E-state index contributed by atoms with van der Waals surface area (Å²) in [5.41, 5.74) is 1.70. The third kappa shape index (κ3) is 4.16. The van der Waals surface area contributed by atoms with Gasteiger partial charge in [-0.15, -0.1) is 5.10 Å². The van der Waals surface area contributed by atoms with Gasteiger partial charge < -0.3 is 4.74 Å². The monoisotopic (exact) mass is 301 g/mol. The van der Waals surface area contributed by atoms with Crippen LogP contribution in [0.1, 0.15) is 5.56 Å². The number of aryl methyl sites for hydroxylation is 1. The van der Waals surface area contributed by atoms with Crippen molar-refractivity contribution in [3.05, 3.63) is 30.1 Å². The van der Waals surface area contributed by atoms with Gasteiger partial charge in [-0.2, -0.15) is 13.2 Å². The molecule has 2 aromatic rings. The minimum absolute atomic E-state index is 0.302. The second-order valence-electron chi connectivity index (χ2n) is 4.07. The largest absolute Gasteiger partial charge is 0.440 e. The third-order valence-electron chi connectivity index (χ3n) is 2.41. The Morgan fingerprint density at radius 2 is 2.19 bits per heavy atom. The zero-order valence-corrected chi connectivity index (χ0v) is 10.8. The zero-order valence-electron chi connectivity index (χ0n) is 10.8. The molecule has 0 atom stereocenters. The van der Waals surface area contributed by atoms with E-state index in [-0.39, 0.29) is 0 Å². The number of ether oxygens (including phenoxy) is 1. The summed E-state index contributed by atoms with van der Waals surface area (Å²) in [5, 5.41) is 12.9. The fourth-order valence-corrected chi connectivity index (χ4v) is 1.56. The summed E-state index contributed by atoms with van der Waals surface area (Å²) in [4.78, 5) is 11.2. The number of alkyl halides is 3. The first kappa shape index (κ1) is 14.8. The lowest BCUT2D eigenvalue weighted by Gasteiger charge is -2.10. The molecule has 1 amide bonds. The number of carbonyl (C=O) groups excluding carboxylic acids is 1. The van der Waals surface area contributed by atoms with E-state index in [1.165, 1.54) is 17.1 Å². The van der Waals surface area contributed by atoms with Crippen LogP contribution in [0.15, 0.2) is 24.5 Å². The van der Waals surface area contributed by atoms with Crippen LogP contribution in [0, 0.1) is 6.92 Å². The minimum atomic E-state index is -4.56. The standard InChI is InChI=1S/C11H10F3N5O2/c1-7-4-8(16-10(20)21-5-11(12,13)14)2-3-9(7)19-6-15-17-18-19/h2-4,6H,5H2,1H3,(H,16,20). The molecule has 112 valence electrons. The Balaban J connectivity index is 2.02. The predicted molar refractivity (Wildman–Crippen MR) is 64.9 cm³/mol. The summed E-state index contributed by atoms with van der Waals surface area (Å²) in [7, 11) is 0. The molecule has 0 saturated carbocycles. The van der Waals surface area contributed by atoms with Crippen LogP contribution in [0.2, 0.25) is 0 Å². The average Bonchev–Trinajstić information content (AvgIpc) is 2.89. The first-order chi connectivity index (χ1) is 9.85. The van der Waals surface area contributed by atoms with Gasteiger partial charge in [-0.1, -0.05) is 0 Å². The molecule has 0 aliphatic rings. The molecule has 0 unspecified atom stereocenters. The first-order valence-corrected chi connectivity index (χ1v) is 5.70. The van der Waals surface area contributed by atoms with E-state index >= 15 is 0 Å². The number of carbonyl (C=O) groups is 1. The van der Waals surface area contributed by atoms with Crippen molar-refractivity contribution < 1.29 is 22.7 Å². The average molecular weight is 301 g/mol. The molecule has 0 spiro atoms. The van der Waals surface area contributed by atoms with Gasteiger partial charge >= 0.3 is 12.3 Å². The molecule has 1 aromatic carbocycles. The predicted octanol–water partition coefficient (Wildman–Crippen LogP) is 2.08. The topological polar surface area (TPSA) is 81.9 Å². The van der Waals surface area contributed by atoms with Crippen LogP contribution < -0.4 is 5.32 Å². The molecule has 0 saturated heterocycles. The van der Waals surface area contributed by atoms with Crippen molar-refractivity contribution >= 4 is 11.8 Å². The molecule has 0 bridgehead atoms. The lowest BCUT2D eigenvalue weighted by Crippen LogP contribution is -2.23. The number of anilines is 1.